The molecule has 2 aliphatic heterocycles. The second-order valence-electron chi connectivity index (χ2n) is 3.66. The van der Waals surface area contributed by atoms with Gasteiger partial charge in [0.15, 0.2) is 0 Å². The van der Waals surface area contributed by atoms with E-state index in [1.165, 1.54) is 0 Å². The predicted molar refractivity (Wildman–Crippen MR) is 55.0 cm³/mol. The Labute approximate surface area is 99.0 Å². The summed E-state index contributed by atoms with van der Waals surface area (Å²) in [5.41, 5.74) is 0. The highest BCUT2D eigenvalue weighted by molar-refractivity contribution is 5.67. The van der Waals surface area contributed by atoms with E-state index in [9.17, 15) is 4.79 Å². The number of nitrogens with one attached hydrogen (secondary N) is 1. The van der Waals surface area contributed by atoms with E-state index in [2.05, 4.69) is 10.6 Å². The zero-order valence-corrected chi connectivity index (χ0v) is 9.79. The minimum atomic E-state index is -0.489. The third-order valence-electron chi connectivity index (χ3n) is 2.47. The molecular weight excluding hydrogens is 228 g/mol. The SMILES string of the molecule is CCOC(=O)NC1C[N+](N2CCOCC2)=NO1. The molecule has 0 aromatic rings. The number of hydrazine groups is 1. The lowest BCUT2D eigenvalue weighted by atomic mass is 10.5. The summed E-state index contributed by atoms with van der Waals surface area (Å²) >= 11 is 0. The first-order chi connectivity index (χ1) is 8.29. The summed E-state index contributed by atoms with van der Waals surface area (Å²) in [5.74, 6) is 0. The minimum absolute atomic E-state index is 0.336. The maximum Gasteiger partial charge on any atom is 0.410 e. The van der Waals surface area contributed by atoms with Crippen LogP contribution in [0.2, 0.25) is 0 Å². The topological polar surface area (TPSA) is 75.4 Å². The van der Waals surface area contributed by atoms with Gasteiger partial charge < -0.3 is 14.3 Å². The number of amides is 1. The Kier molecular flexibility index (Phi) is 3.97. The van der Waals surface area contributed by atoms with Crippen LogP contribution in [0.15, 0.2) is 5.28 Å². The summed E-state index contributed by atoms with van der Waals surface area (Å²) in [6.07, 6.45) is -0.951. The van der Waals surface area contributed by atoms with E-state index in [-0.39, 0.29) is 0 Å². The second-order valence-corrected chi connectivity index (χ2v) is 3.66. The molecule has 0 aromatic heterocycles. The molecule has 8 nitrogen and oxygen atoms in total. The monoisotopic (exact) mass is 245 g/mol. The number of alkyl carbamates (subject to hydrolysis) is 1. The number of morpholine rings is 1. The first kappa shape index (κ1) is 11.9. The number of rotatable bonds is 3. The number of ether oxygens (including phenoxy) is 2. The molecule has 2 rings (SSSR count). The van der Waals surface area contributed by atoms with E-state index in [4.69, 9.17) is 14.3 Å². The molecule has 0 spiro atoms. The first-order valence-electron chi connectivity index (χ1n) is 5.70. The van der Waals surface area contributed by atoms with E-state index in [0.717, 1.165) is 13.1 Å². The molecule has 0 saturated carbocycles. The Morgan fingerprint density at radius 2 is 2.35 bits per heavy atom. The molecule has 1 amide bonds. The van der Waals surface area contributed by atoms with Crippen molar-refractivity contribution in [1.29, 1.82) is 0 Å². The van der Waals surface area contributed by atoms with Gasteiger partial charge in [-0.3, -0.25) is 5.32 Å². The minimum Gasteiger partial charge on any atom is -0.450 e. The molecular formula is C9H17N4O4+. The highest BCUT2D eigenvalue weighted by Crippen LogP contribution is 2.07. The number of carbonyl (C=O) groups is 1. The maximum absolute atomic E-state index is 11.2. The van der Waals surface area contributed by atoms with Gasteiger partial charge in [-0.25, -0.2) is 4.79 Å². The molecule has 1 N–H and O–H groups in total. The Balaban J connectivity index is 1.75. The zero-order chi connectivity index (χ0) is 12.1. The highest BCUT2D eigenvalue weighted by Gasteiger charge is 2.34. The van der Waals surface area contributed by atoms with Gasteiger partial charge in [0.1, 0.15) is 0 Å². The van der Waals surface area contributed by atoms with Gasteiger partial charge in [-0.05, 0) is 6.92 Å². The van der Waals surface area contributed by atoms with Gasteiger partial charge in [-0.1, -0.05) is 0 Å². The Morgan fingerprint density at radius 3 is 3.06 bits per heavy atom. The van der Waals surface area contributed by atoms with Crippen LogP contribution in [-0.2, 0) is 14.3 Å². The van der Waals surface area contributed by atoms with E-state index >= 15 is 0 Å². The molecule has 1 unspecified atom stereocenters. The average Bonchev–Trinajstić information content (AvgIpc) is 2.79. The molecule has 0 radical (unpaired) electrons. The van der Waals surface area contributed by atoms with Gasteiger partial charge in [0.05, 0.1) is 32.9 Å². The fourth-order valence-corrected chi connectivity index (χ4v) is 1.65. The van der Waals surface area contributed by atoms with Crippen LogP contribution in [0.1, 0.15) is 6.92 Å². The standard InChI is InChI=1S/C9H16N4O4/c1-2-16-9(14)10-8-7-13(11-17-8)12-3-5-15-6-4-12/h8H,2-7H2,1H3/p+1. The fourth-order valence-electron chi connectivity index (χ4n) is 1.65. The van der Waals surface area contributed by atoms with Gasteiger partial charge >= 0.3 is 6.09 Å². The summed E-state index contributed by atoms with van der Waals surface area (Å²) in [4.78, 5) is 18.0. The third-order valence-corrected chi connectivity index (χ3v) is 2.47. The van der Waals surface area contributed by atoms with Crippen molar-refractivity contribution in [3.8, 4) is 0 Å². The first-order valence-corrected chi connectivity index (χ1v) is 5.70. The predicted octanol–water partition coefficient (Wildman–Crippen LogP) is -0.284. The maximum atomic E-state index is 11.2. The Hall–Kier alpha value is -1.57. The molecule has 0 aromatic carbocycles. The lowest BCUT2D eigenvalue weighted by molar-refractivity contribution is -0.742. The molecule has 17 heavy (non-hydrogen) atoms. The fraction of sp³-hybridized carbons (Fsp3) is 0.889. The van der Waals surface area contributed by atoms with Crippen molar-refractivity contribution in [2.45, 2.75) is 13.2 Å². The summed E-state index contributed by atoms with van der Waals surface area (Å²) in [6.45, 7) is 5.49. The summed E-state index contributed by atoms with van der Waals surface area (Å²) < 4.78 is 10.0. The van der Waals surface area contributed by atoms with Crippen molar-refractivity contribution in [1.82, 2.24) is 10.3 Å². The van der Waals surface area contributed by atoms with E-state index in [1.807, 2.05) is 5.01 Å². The number of hydrogen-bond acceptors (Lipinski definition) is 6. The van der Waals surface area contributed by atoms with Crippen molar-refractivity contribution >= 4 is 6.09 Å². The molecule has 8 heteroatoms. The van der Waals surface area contributed by atoms with Crippen LogP contribution in [0.25, 0.3) is 0 Å². The van der Waals surface area contributed by atoms with Crippen LogP contribution in [0.3, 0.4) is 0 Å². The quantitative estimate of drug-likeness (QED) is 0.692. The lowest BCUT2D eigenvalue weighted by Crippen LogP contribution is -2.45. The molecule has 1 saturated heterocycles. The number of hydrogen-bond donors (Lipinski definition) is 1. The number of nitrogens with zero attached hydrogens (tertiary/aromatic N) is 3. The van der Waals surface area contributed by atoms with Gasteiger partial charge in [-0.2, -0.15) is 5.01 Å². The van der Waals surface area contributed by atoms with E-state index < -0.39 is 12.3 Å². The van der Waals surface area contributed by atoms with Crippen LogP contribution >= 0.6 is 0 Å². The van der Waals surface area contributed by atoms with Crippen LogP contribution < -0.4 is 5.32 Å². The largest absolute Gasteiger partial charge is 0.450 e. The van der Waals surface area contributed by atoms with Crippen molar-refractivity contribution in [2.24, 2.45) is 5.28 Å². The molecule has 1 fully saturated rings. The molecule has 2 aliphatic rings. The van der Waals surface area contributed by atoms with E-state index in [0.29, 0.717) is 26.4 Å². The van der Waals surface area contributed by atoms with E-state index in [1.54, 1.807) is 11.7 Å². The van der Waals surface area contributed by atoms with Crippen LogP contribution in [0.5, 0.6) is 0 Å². The van der Waals surface area contributed by atoms with Gasteiger partial charge in [0.25, 0.3) is 12.8 Å². The average molecular weight is 245 g/mol. The second kappa shape index (κ2) is 5.67. The Bertz CT molecular complexity index is 303. The molecule has 1 atom stereocenters. The van der Waals surface area contributed by atoms with Crippen molar-refractivity contribution in [2.75, 3.05) is 39.5 Å². The summed E-state index contributed by atoms with van der Waals surface area (Å²) in [6, 6.07) is 0. The molecule has 96 valence electrons. The van der Waals surface area contributed by atoms with Gasteiger partial charge in [0.2, 0.25) is 5.28 Å². The molecule has 2 heterocycles. The smallest absolute Gasteiger partial charge is 0.410 e. The van der Waals surface area contributed by atoms with Gasteiger partial charge in [-0.15, -0.1) is 0 Å². The van der Waals surface area contributed by atoms with Gasteiger partial charge in [0, 0.05) is 4.81 Å². The summed E-state index contributed by atoms with van der Waals surface area (Å²) in [5, 5.41) is 8.48. The van der Waals surface area contributed by atoms with Crippen molar-refractivity contribution in [3.63, 3.8) is 0 Å². The molecule has 0 aliphatic carbocycles. The highest BCUT2D eigenvalue weighted by atomic mass is 16.7. The number of carbonyl (C=O) groups excluding carboxylic acids is 1. The van der Waals surface area contributed by atoms with Crippen LogP contribution in [-0.4, -0.2) is 61.6 Å². The van der Waals surface area contributed by atoms with Crippen LogP contribution in [0.4, 0.5) is 4.79 Å². The third kappa shape index (κ3) is 3.19. The normalized spacial score (nSPS) is 23.9. The summed E-state index contributed by atoms with van der Waals surface area (Å²) in [7, 11) is 0. The van der Waals surface area contributed by atoms with Crippen molar-refractivity contribution in [3.05, 3.63) is 0 Å². The Morgan fingerprint density at radius 1 is 1.59 bits per heavy atom. The zero-order valence-electron chi connectivity index (χ0n) is 9.79. The van der Waals surface area contributed by atoms with Crippen molar-refractivity contribution < 1.29 is 23.9 Å². The van der Waals surface area contributed by atoms with Crippen LogP contribution in [0, 0.1) is 0 Å². The lowest BCUT2D eigenvalue weighted by Gasteiger charge is -2.20. The molecule has 0 bridgehead atoms.